The summed E-state index contributed by atoms with van der Waals surface area (Å²) in [7, 11) is 0. The van der Waals surface area contributed by atoms with Crippen molar-refractivity contribution in [3.05, 3.63) is 11.6 Å². The van der Waals surface area contributed by atoms with Gasteiger partial charge in [0.1, 0.15) is 0 Å². The summed E-state index contributed by atoms with van der Waals surface area (Å²) in [5, 5.41) is 0. The summed E-state index contributed by atoms with van der Waals surface area (Å²) < 4.78 is 4.94. The number of ether oxygens (including phenoxy) is 1. The summed E-state index contributed by atoms with van der Waals surface area (Å²) in [6.07, 6.45) is 9.52. The number of fused-ring (bicyclic) bond motifs is 1. The maximum atomic E-state index is 11.3. The third kappa shape index (κ3) is 2.61. The quantitative estimate of drug-likeness (QED) is 0.515. The van der Waals surface area contributed by atoms with Crippen molar-refractivity contribution in [3.63, 3.8) is 0 Å². The normalized spacial score (nSPS) is 32.7. The maximum absolute atomic E-state index is 11.3. The van der Waals surface area contributed by atoms with Crippen LogP contribution in [0.3, 0.4) is 0 Å². The lowest BCUT2D eigenvalue weighted by Crippen LogP contribution is -2.12. The van der Waals surface area contributed by atoms with Crippen LogP contribution in [-0.4, -0.2) is 12.6 Å². The molecule has 0 amide bonds. The van der Waals surface area contributed by atoms with E-state index >= 15 is 0 Å². The Bertz CT molecular complexity index is 252. The second-order valence-corrected chi connectivity index (χ2v) is 4.77. The van der Waals surface area contributed by atoms with Crippen LogP contribution in [0.15, 0.2) is 11.6 Å². The van der Waals surface area contributed by atoms with Gasteiger partial charge in [0.15, 0.2) is 0 Å². The van der Waals surface area contributed by atoms with Crippen LogP contribution in [0.1, 0.15) is 45.4 Å². The Labute approximate surface area is 91.7 Å². The topological polar surface area (TPSA) is 26.3 Å². The van der Waals surface area contributed by atoms with E-state index in [9.17, 15) is 4.79 Å². The van der Waals surface area contributed by atoms with Crippen molar-refractivity contribution in [2.75, 3.05) is 6.61 Å². The molecule has 2 saturated carbocycles. The minimum Gasteiger partial charge on any atom is -0.463 e. The first-order chi connectivity index (χ1) is 7.29. The molecule has 0 bridgehead atoms. The molecule has 0 aromatic carbocycles. The van der Waals surface area contributed by atoms with Gasteiger partial charge >= 0.3 is 5.97 Å². The smallest absolute Gasteiger partial charge is 0.330 e. The predicted molar refractivity (Wildman–Crippen MR) is 59.4 cm³/mol. The summed E-state index contributed by atoms with van der Waals surface area (Å²) in [5.74, 6) is 1.57. The summed E-state index contributed by atoms with van der Waals surface area (Å²) >= 11 is 0. The zero-order valence-corrected chi connectivity index (χ0v) is 9.50. The van der Waals surface area contributed by atoms with Crippen molar-refractivity contribution in [1.29, 1.82) is 0 Å². The largest absolute Gasteiger partial charge is 0.463 e. The van der Waals surface area contributed by atoms with E-state index < -0.39 is 0 Å². The molecule has 2 fully saturated rings. The monoisotopic (exact) mass is 208 g/mol. The Hall–Kier alpha value is -0.790. The van der Waals surface area contributed by atoms with E-state index in [2.05, 4.69) is 0 Å². The van der Waals surface area contributed by atoms with Gasteiger partial charge < -0.3 is 4.74 Å². The van der Waals surface area contributed by atoms with Gasteiger partial charge in [-0.15, -0.1) is 0 Å². The fraction of sp³-hybridized carbons (Fsp3) is 0.769. The van der Waals surface area contributed by atoms with Crippen LogP contribution in [0, 0.1) is 11.8 Å². The summed E-state index contributed by atoms with van der Waals surface area (Å²) in [6, 6.07) is 0. The molecule has 84 valence electrons. The van der Waals surface area contributed by atoms with Gasteiger partial charge in [-0.2, -0.15) is 0 Å². The van der Waals surface area contributed by atoms with Crippen molar-refractivity contribution in [3.8, 4) is 0 Å². The molecule has 2 aliphatic rings. The number of hydrogen-bond acceptors (Lipinski definition) is 2. The number of esters is 1. The molecule has 0 aliphatic heterocycles. The second kappa shape index (κ2) is 4.82. The average molecular weight is 208 g/mol. The molecule has 0 N–H and O–H groups in total. The molecule has 2 aliphatic carbocycles. The summed E-state index contributed by atoms with van der Waals surface area (Å²) in [4.78, 5) is 11.3. The number of carbonyl (C=O) groups excluding carboxylic acids is 1. The van der Waals surface area contributed by atoms with E-state index in [4.69, 9.17) is 4.74 Å². The molecule has 0 radical (unpaired) electrons. The number of rotatable bonds is 2. The Morgan fingerprint density at radius 2 is 1.93 bits per heavy atom. The molecular formula is C13H20O2. The van der Waals surface area contributed by atoms with Crippen molar-refractivity contribution in [2.45, 2.75) is 45.4 Å². The van der Waals surface area contributed by atoms with E-state index in [0.717, 1.165) is 24.7 Å². The highest BCUT2D eigenvalue weighted by Crippen LogP contribution is 2.44. The zero-order chi connectivity index (χ0) is 10.7. The van der Waals surface area contributed by atoms with Crippen LogP contribution in [0.25, 0.3) is 0 Å². The number of carbonyl (C=O) groups is 1. The first-order valence-corrected chi connectivity index (χ1v) is 6.15. The van der Waals surface area contributed by atoms with Gasteiger partial charge in [-0.05, 0) is 44.4 Å². The first kappa shape index (κ1) is 10.7. The fourth-order valence-corrected chi connectivity index (χ4v) is 3.05. The molecule has 2 atom stereocenters. The van der Waals surface area contributed by atoms with Crippen molar-refractivity contribution in [2.24, 2.45) is 11.8 Å². The van der Waals surface area contributed by atoms with E-state index in [1.165, 1.54) is 31.3 Å². The molecule has 0 saturated heterocycles. The molecule has 0 unspecified atom stereocenters. The van der Waals surface area contributed by atoms with Gasteiger partial charge in [0.2, 0.25) is 0 Å². The highest BCUT2D eigenvalue weighted by molar-refractivity contribution is 5.82. The van der Waals surface area contributed by atoms with Crippen LogP contribution >= 0.6 is 0 Å². The molecule has 2 nitrogen and oxygen atoms in total. The number of hydrogen-bond donors (Lipinski definition) is 0. The molecular weight excluding hydrogens is 188 g/mol. The summed E-state index contributed by atoms with van der Waals surface area (Å²) in [5.41, 5.74) is 1.32. The Morgan fingerprint density at radius 3 is 2.47 bits per heavy atom. The molecule has 0 aromatic heterocycles. The minimum absolute atomic E-state index is 0.147. The van der Waals surface area contributed by atoms with Gasteiger partial charge in [0.05, 0.1) is 6.61 Å². The second-order valence-electron chi connectivity index (χ2n) is 4.77. The minimum atomic E-state index is -0.147. The third-order valence-corrected chi connectivity index (χ3v) is 3.72. The lowest BCUT2D eigenvalue weighted by atomic mass is 9.82. The van der Waals surface area contributed by atoms with Crippen LogP contribution in [-0.2, 0) is 9.53 Å². The highest BCUT2D eigenvalue weighted by Gasteiger charge is 2.32. The predicted octanol–water partition coefficient (Wildman–Crippen LogP) is 3.08. The van der Waals surface area contributed by atoms with Crippen LogP contribution in [0.2, 0.25) is 0 Å². The summed E-state index contributed by atoms with van der Waals surface area (Å²) in [6.45, 7) is 2.33. The van der Waals surface area contributed by atoms with E-state index in [0.29, 0.717) is 6.61 Å². The molecule has 0 spiro atoms. The molecule has 2 heteroatoms. The fourth-order valence-electron chi connectivity index (χ4n) is 3.05. The maximum Gasteiger partial charge on any atom is 0.330 e. The van der Waals surface area contributed by atoms with Gasteiger partial charge in [-0.1, -0.05) is 18.4 Å². The van der Waals surface area contributed by atoms with Crippen LogP contribution in [0.5, 0.6) is 0 Å². The zero-order valence-electron chi connectivity index (χ0n) is 9.50. The van der Waals surface area contributed by atoms with E-state index in [1.54, 1.807) is 6.08 Å². The van der Waals surface area contributed by atoms with Crippen LogP contribution < -0.4 is 0 Å². The van der Waals surface area contributed by atoms with Gasteiger partial charge in [-0.3, -0.25) is 0 Å². The van der Waals surface area contributed by atoms with Crippen molar-refractivity contribution in [1.82, 2.24) is 0 Å². The standard InChI is InChI=1S/C13H20O2/c1-2-15-13(14)9-10-7-11-5-3-4-6-12(11)8-10/h9,11-12H,2-8H2,1H3/b10-9-/t11-,12+/m1/s1. The highest BCUT2D eigenvalue weighted by atomic mass is 16.5. The molecule has 0 heterocycles. The Morgan fingerprint density at radius 1 is 1.33 bits per heavy atom. The molecule has 0 aromatic rings. The lowest BCUT2D eigenvalue weighted by Gasteiger charge is -2.23. The van der Waals surface area contributed by atoms with Gasteiger partial charge in [0.25, 0.3) is 0 Å². The van der Waals surface area contributed by atoms with Gasteiger partial charge in [0, 0.05) is 6.08 Å². The van der Waals surface area contributed by atoms with Crippen molar-refractivity contribution < 1.29 is 9.53 Å². The number of allylic oxidation sites excluding steroid dienone is 1. The molecule has 15 heavy (non-hydrogen) atoms. The van der Waals surface area contributed by atoms with E-state index in [1.807, 2.05) is 6.92 Å². The Balaban J connectivity index is 1.93. The SMILES string of the molecule is CCOC(=O)/C=C1/C[C@H]2CCCC[C@H]2C1. The van der Waals surface area contributed by atoms with Crippen LogP contribution in [0.4, 0.5) is 0 Å². The lowest BCUT2D eigenvalue weighted by molar-refractivity contribution is -0.137. The first-order valence-electron chi connectivity index (χ1n) is 6.15. The molecule has 2 rings (SSSR count). The Kier molecular flexibility index (Phi) is 3.45. The third-order valence-electron chi connectivity index (χ3n) is 3.72. The van der Waals surface area contributed by atoms with Crippen molar-refractivity contribution >= 4 is 5.97 Å². The van der Waals surface area contributed by atoms with Gasteiger partial charge in [-0.25, -0.2) is 4.79 Å². The van der Waals surface area contributed by atoms with E-state index in [-0.39, 0.29) is 5.97 Å². The average Bonchev–Trinajstić information content (AvgIpc) is 2.59.